The third-order valence-corrected chi connectivity index (χ3v) is 2.99. The van der Waals surface area contributed by atoms with Crippen molar-refractivity contribution >= 4 is 11.9 Å². The Morgan fingerprint density at radius 1 is 0.852 bits per heavy atom. The Bertz CT molecular complexity index is 358. The molecule has 0 aromatic heterocycles. The van der Waals surface area contributed by atoms with E-state index < -0.39 is 18.0 Å². The summed E-state index contributed by atoms with van der Waals surface area (Å²) < 4.78 is 26.8. The first kappa shape index (κ1) is 25.7. The molecule has 0 atom stereocenters. The molecular formula is C16H33N3O8. The van der Waals surface area contributed by atoms with Gasteiger partial charge >= 0.3 is 5.97 Å². The summed E-state index contributed by atoms with van der Waals surface area (Å²) in [6.07, 6.45) is -0.605. The van der Waals surface area contributed by atoms with E-state index >= 15 is 0 Å². The standard InChI is InChI=1S/C16H33N3O8/c17-2-5-23-7-9-25-11-14(12-26-10-8-24-6-3-18)27-13-15(20)19-4-1-16(21)22/h14H,1-13,17-18H2,(H,19,20)(H,21,22). The fourth-order valence-electron chi connectivity index (χ4n) is 1.73. The number of carbonyl (C=O) groups excluding carboxylic acids is 1. The zero-order chi connectivity index (χ0) is 20.2. The van der Waals surface area contributed by atoms with Crippen LogP contribution in [0.25, 0.3) is 0 Å². The van der Waals surface area contributed by atoms with E-state index in [1.165, 1.54) is 0 Å². The maximum Gasteiger partial charge on any atom is 0.305 e. The highest BCUT2D eigenvalue weighted by Gasteiger charge is 2.13. The average Bonchev–Trinajstić information content (AvgIpc) is 2.64. The summed E-state index contributed by atoms with van der Waals surface area (Å²) in [5, 5.41) is 11.0. The number of nitrogens with one attached hydrogen (secondary N) is 1. The second kappa shape index (κ2) is 19.4. The normalized spacial score (nSPS) is 11.1. The number of carbonyl (C=O) groups is 2. The van der Waals surface area contributed by atoms with Crippen molar-refractivity contribution in [3.63, 3.8) is 0 Å². The van der Waals surface area contributed by atoms with Gasteiger partial charge in [-0.15, -0.1) is 0 Å². The lowest BCUT2D eigenvalue weighted by atomic mass is 10.4. The third-order valence-electron chi connectivity index (χ3n) is 2.99. The lowest BCUT2D eigenvalue weighted by molar-refractivity contribution is -0.137. The van der Waals surface area contributed by atoms with Gasteiger partial charge in [0.1, 0.15) is 12.7 Å². The Morgan fingerprint density at radius 3 is 1.85 bits per heavy atom. The SMILES string of the molecule is NCCOCCOCC(COCCOCCN)OCC(=O)NCCC(=O)O. The van der Waals surface area contributed by atoms with E-state index in [0.29, 0.717) is 52.7 Å². The van der Waals surface area contributed by atoms with E-state index in [0.717, 1.165) is 0 Å². The Labute approximate surface area is 159 Å². The molecule has 160 valence electrons. The number of amides is 1. The van der Waals surface area contributed by atoms with Crippen molar-refractivity contribution in [2.45, 2.75) is 12.5 Å². The second-order valence-electron chi connectivity index (χ2n) is 5.38. The van der Waals surface area contributed by atoms with Crippen LogP contribution in [0.1, 0.15) is 6.42 Å². The number of carboxylic acids is 1. The van der Waals surface area contributed by atoms with Crippen molar-refractivity contribution < 1.29 is 38.4 Å². The third kappa shape index (κ3) is 19.2. The molecule has 0 saturated heterocycles. The van der Waals surface area contributed by atoms with Crippen LogP contribution in [0.15, 0.2) is 0 Å². The fraction of sp³-hybridized carbons (Fsp3) is 0.875. The van der Waals surface area contributed by atoms with Crippen LogP contribution in [-0.2, 0) is 33.3 Å². The topological polar surface area (TPSA) is 165 Å². The Kier molecular flexibility index (Phi) is 18.5. The number of nitrogens with two attached hydrogens (primary N) is 2. The van der Waals surface area contributed by atoms with Gasteiger partial charge in [-0.05, 0) is 0 Å². The maximum atomic E-state index is 11.7. The predicted octanol–water partition coefficient (Wildman–Crippen LogP) is -2.05. The highest BCUT2D eigenvalue weighted by Crippen LogP contribution is 1.97. The molecule has 0 aliphatic rings. The molecule has 0 aliphatic carbocycles. The molecule has 0 aliphatic heterocycles. The summed E-state index contributed by atoms with van der Waals surface area (Å²) in [7, 11) is 0. The van der Waals surface area contributed by atoms with Gasteiger partial charge in [0.2, 0.25) is 5.91 Å². The largest absolute Gasteiger partial charge is 0.481 e. The Hall–Kier alpha value is -1.34. The van der Waals surface area contributed by atoms with Gasteiger partial charge in [-0.2, -0.15) is 0 Å². The molecule has 0 unspecified atom stereocenters. The van der Waals surface area contributed by atoms with Crippen molar-refractivity contribution in [3.8, 4) is 0 Å². The minimum Gasteiger partial charge on any atom is -0.481 e. The molecule has 0 fully saturated rings. The second-order valence-corrected chi connectivity index (χ2v) is 5.38. The molecule has 11 nitrogen and oxygen atoms in total. The number of aliphatic carboxylic acids is 1. The number of rotatable bonds is 20. The van der Waals surface area contributed by atoms with Crippen LogP contribution in [0.5, 0.6) is 0 Å². The monoisotopic (exact) mass is 395 g/mol. The Morgan fingerprint density at radius 2 is 1.37 bits per heavy atom. The van der Waals surface area contributed by atoms with Crippen LogP contribution in [0, 0.1) is 0 Å². The molecule has 0 aromatic carbocycles. The highest BCUT2D eigenvalue weighted by atomic mass is 16.6. The number of hydrogen-bond acceptors (Lipinski definition) is 9. The van der Waals surface area contributed by atoms with E-state index in [1.54, 1.807) is 0 Å². The minimum absolute atomic E-state index is 0.0478. The summed E-state index contributed by atoms with van der Waals surface area (Å²) in [6, 6.07) is 0. The number of ether oxygens (including phenoxy) is 5. The fourth-order valence-corrected chi connectivity index (χ4v) is 1.73. The lowest BCUT2D eigenvalue weighted by Gasteiger charge is -2.18. The lowest BCUT2D eigenvalue weighted by Crippen LogP contribution is -2.34. The highest BCUT2D eigenvalue weighted by molar-refractivity contribution is 5.77. The van der Waals surface area contributed by atoms with Crippen LogP contribution in [0.2, 0.25) is 0 Å². The van der Waals surface area contributed by atoms with Gasteiger partial charge in [0.25, 0.3) is 0 Å². The van der Waals surface area contributed by atoms with Gasteiger partial charge in [0.15, 0.2) is 0 Å². The van der Waals surface area contributed by atoms with Crippen molar-refractivity contribution in [1.82, 2.24) is 5.32 Å². The van der Waals surface area contributed by atoms with Gasteiger partial charge in [-0.25, -0.2) is 0 Å². The molecule has 27 heavy (non-hydrogen) atoms. The smallest absolute Gasteiger partial charge is 0.305 e. The van der Waals surface area contributed by atoms with E-state index in [1.807, 2.05) is 0 Å². The molecule has 0 rings (SSSR count). The predicted molar refractivity (Wildman–Crippen MR) is 96.4 cm³/mol. The van der Waals surface area contributed by atoms with Crippen LogP contribution in [0.4, 0.5) is 0 Å². The first-order valence-corrected chi connectivity index (χ1v) is 8.91. The molecule has 0 bridgehead atoms. The van der Waals surface area contributed by atoms with Crippen molar-refractivity contribution in [1.29, 1.82) is 0 Å². The van der Waals surface area contributed by atoms with E-state index in [2.05, 4.69) is 5.32 Å². The average molecular weight is 395 g/mol. The molecule has 0 saturated carbocycles. The van der Waals surface area contributed by atoms with Crippen molar-refractivity contribution in [2.24, 2.45) is 11.5 Å². The van der Waals surface area contributed by atoms with E-state index in [9.17, 15) is 9.59 Å². The van der Waals surface area contributed by atoms with Crippen LogP contribution >= 0.6 is 0 Å². The Balaban J connectivity index is 4.02. The van der Waals surface area contributed by atoms with Gasteiger partial charge in [0, 0.05) is 19.6 Å². The summed E-state index contributed by atoms with van der Waals surface area (Å²) in [4.78, 5) is 22.1. The first-order chi connectivity index (χ1) is 13.1. The summed E-state index contributed by atoms with van der Waals surface area (Å²) in [6.45, 7) is 3.64. The zero-order valence-electron chi connectivity index (χ0n) is 15.7. The molecule has 0 spiro atoms. The number of carboxylic acid groups (broad SMARTS) is 1. The van der Waals surface area contributed by atoms with Gasteiger partial charge in [-0.3, -0.25) is 9.59 Å². The molecular weight excluding hydrogens is 362 g/mol. The first-order valence-electron chi connectivity index (χ1n) is 8.91. The zero-order valence-corrected chi connectivity index (χ0v) is 15.7. The van der Waals surface area contributed by atoms with E-state index in [-0.39, 0.29) is 32.8 Å². The summed E-state index contributed by atoms with van der Waals surface area (Å²) in [5.41, 5.74) is 10.6. The van der Waals surface area contributed by atoms with Crippen molar-refractivity contribution in [3.05, 3.63) is 0 Å². The molecule has 11 heteroatoms. The molecule has 0 heterocycles. The quantitative estimate of drug-likeness (QED) is 0.169. The van der Waals surface area contributed by atoms with Crippen LogP contribution in [-0.4, -0.2) is 102 Å². The van der Waals surface area contributed by atoms with Gasteiger partial charge < -0.3 is 45.6 Å². The summed E-state index contributed by atoms with van der Waals surface area (Å²) >= 11 is 0. The minimum atomic E-state index is -0.982. The number of hydrogen-bond donors (Lipinski definition) is 4. The van der Waals surface area contributed by atoms with Gasteiger partial charge in [-0.1, -0.05) is 0 Å². The maximum absolute atomic E-state index is 11.7. The van der Waals surface area contributed by atoms with Crippen LogP contribution < -0.4 is 16.8 Å². The molecule has 0 aromatic rings. The molecule has 6 N–H and O–H groups in total. The molecule has 1 amide bonds. The van der Waals surface area contributed by atoms with Crippen LogP contribution in [0.3, 0.4) is 0 Å². The van der Waals surface area contributed by atoms with E-state index in [4.69, 9.17) is 40.3 Å². The van der Waals surface area contributed by atoms with Gasteiger partial charge in [0.05, 0.1) is 59.3 Å². The summed E-state index contributed by atoms with van der Waals surface area (Å²) in [5.74, 6) is -1.39. The van der Waals surface area contributed by atoms with Crippen molar-refractivity contribution in [2.75, 3.05) is 79.1 Å². The molecule has 0 radical (unpaired) electrons.